The smallest absolute Gasteiger partial charge is 0.0921 e. The Hall–Kier alpha value is -0.370. The van der Waals surface area contributed by atoms with Crippen molar-refractivity contribution in [3.63, 3.8) is 0 Å². The molecule has 46 valence electrons. The second-order valence-corrected chi connectivity index (χ2v) is 2.04. The molecule has 1 aliphatic heterocycles. The fourth-order valence-corrected chi connectivity index (χ4v) is 0.701. The molecule has 2 heteroatoms. The second-order valence-electron chi connectivity index (χ2n) is 2.04. The van der Waals surface area contributed by atoms with Gasteiger partial charge in [0.15, 0.2) is 0 Å². The van der Waals surface area contributed by atoms with Crippen LogP contribution in [0, 0.1) is 0 Å². The van der Waals surface area contributed by atoms with Crippen LogP contribution in [0.2, 0.25) is 0 Å². The molecule has 0 aliphatic carbocycles. The van der Waals surface area contributed by atoms with Gasteiger partial charge in [-0.3, -0.25) is 4.99 Å². The van der Waals surface area contributed by atoms with E-state index < -0.39 is 0 Å². The van der Waals surface area contributed by atoms with Crippen molar-refractivity contribution in [2.24, 2.45) is 4.99 Å². The van der Waals surface area contributed by atoms with Crippen LogP contribution in [-0.2, 0) is 4.74 Å². The maximum absolute atomic E-state index is 5.26. The second kappa shape index (κ2) is 2.27. The molecule has 0 spiro atoms. The minimum atomic E-state index is 0.253. The van der Waals surface area contributed by atoms with Gasteiger partial charge < -0.3 is 4.74 Å². The van der Waals surface area contributed by atoms with Gasteiger partial charge in [0, 0.05) is 5.71 Å². The number of aliphatic imine (C=N–C) groups is 1. The highest BCUT2D eigenvalue weighted by molar-refractivity contribution is 5.86. The first-order valence-corrected chi connectivity index (χ1v) is 2.93. The largest absolute Gasteiger partial charge is 0.371 e. The van der Waals surface area contributed by atoms with Gasteiger partial charge in [0.2, 0.25) is 0 Å². The summed E-state index contributed by atoms with van der Waals surface area (Å²) < 4.78 is 5.26. The van der Waals surface area contributed by atoms with Crippen LogP contribution in [0.15, 0.2) is 4.99 Å². The van der Waals surface area contributed by atoms with Gasteiger partial charge in [0.05, 0.1) is 19.3 Å². The summed E-state index contributed by atoms with van der Waals surface area (Å²) in [6, 6.07) is 0. The van der Waals surface area contributed by atoms with Crippen LogP contribution < -0.4 is 0 Å². The Morgan fingerprint density at radius 1 is 1.75 bits per heavy atom. The van der Waals surface area contributed by atoms with E-state index in [1.54, 1.807) is 0 Å². The molecule has 1 unspecified atom stereocenters. The first-order chi connectivity index (χ1) is 3.80. The lowest BCUT2D eigenvalue weighted by Crippen LogP contribution is -2.24. The molecule has 0 aromatic carbocycles. The molecule has 0 saturated heterocycles. The zero-order valence-electron chi connectivity index (χ0n) is 5.35. The van der Waals surface area contributed by atoms with Crippen LogP contribution in [0.5, 0.6) is 0 Å². The standard InChI is InChI=1S/C6H11NO/c1-5-6(2)8-4-3-7-5/h6H,3-4H2,1-2H3. The van der Waals surface area contributed by atoms with Gasteiger partial charge in [-0.25, -0.2) is 0 Å². The van der Waals surface area contributed by atoms with Crippen LogP contribution in [-0.4, -0.2) is 25.0 Å². The fourth-order valence-electron chi connectivity index (χ4n) is 0.701. The highest BCUT2D eigenvalue weighted by atomic mass is 16.5. The number of hydrogen-bond donors (Lipinski definition) is 0. The molecule has 0 bridgehead atoms. The minimum Gasteiger partial charge on any atom is -0.371 e. The number of rotatable bonds is 0. The van der Waals surface area contributed by atoms with Crippen LogP contribution >= 0.6 is 0 Å². The van der Waals surface area contributed by atoms with Gasteiger partial charge in [0.1, 0.15) is 0 Å². The molecule has 8 heavy (non-hydrogen) atoms. The van der Waals surface area contributed by atoms with E-state index in [2.05, 4.69) is 4.99 Å². The van der Waals surface area contributed by atoms with Gasteiger partial charge in [0.25, 0.3) is 0 Å². The SMILES string of the molecule is CC1=NCCOC1C. The molecular formula is C6H11NO. The van der Waals surface area contributed by atoms with Crippen LogP contribution in [0.25, 0.3) is 0 Å². The van der Waals surface area contributed by atoms with Crippen molar-refractivity contribution in [2.75, 3.05) is 13.2 Å². The number of nitrogens with zero attached hydrogens (tertiary/aromatic N) is 1. The summed E-state index contributed by atoms with van der Waals surface area (Å²) in [6.07, 6.45) is 0.253. The molecular weight excluding hydrogens is 102 g/mol. The zero-order chi connectivity index (χ0) is 5.98. The Labute approximate surface area is 49.6 Å². The van der Waals surface area contributed by atoms with Crippen molar-refractivity contribution >= 4 is 5.71 Å². The Morgan fingerprint density at radius 2 is 2.50 bits per heavy atom. The first kappa shape index (κ1) is 5.76. The molecule has 1 rings (SSSR count). The summed E-state index contributed by atoms with van der Waals surface area (Å²) in [5.41, 5.74) is 1.12. The monoisotopic (exact) mass is 113 g/mol. The van der Waals surface area contributed by atoms with Crippen molar-refractivity contribution < 1.29 is 4.74 Å². The summed E-state index contributed by atoms with van der Waals surface area (Å²) in [7, 11) is 0. The van der Waals surface area contributed by atoms with E-state index >= 15 is 0 Å². The molecule has 0 aromatic heterocycles. The van der Waals surface area contributed by atoms with Crippen molar-refractivity contribution in [1.82, 2.24) is 0 Å². The summed E-state index contributed by atoms with van der Waals surface area (Å²) in [5, 5.41) is 0. The molecule has 1 aliphatic rings. The van der Waals surface area contributed by atoms with E-state index in [9.17, 15) is 0 Å². The lowest BCUT2D eigenvalue weighted by atomic mass is 10.2. The number of hydrogen-bond acceptors (Lipinski definition) is 2. The summed E-state index contributed by atoms with van der Waals surface area (Å²) in [5.74, 6) is 0. The van der Waals surface area contributed by atoms with Crippen molar-refractivity contribution in [3.05, 3.63) is 0 Å². The first-order valence-electron chi connectivity index (χ1n) is 2.93. The lowest BCUT2D eigenvalue weighted by Gasteiger charge is -2.16. The predicted molar refractivity (Wildman–Crippen MR) is 33.4 cm³/mol. The lowest BCUT2D eigenvalue weighted by molar-refractivity contribution is 0.107. The van der Waals surface area contributed by atoms with E-state index in [-0.39, 0.29) is 6.10 Å². The Balaban J connectivity index is 2.53. The topological polar surface area (TPSA) is 21.6 Å². The molecule has 1 atom stereocenters. The number of ether oxygens (including phenoxy) is 1. The third kappa shape index (κ3) is 1.07. The average Bonchev–Trinajstić information content (AvgIpc) is 1.77. The quantitative estimate of drug-likeness (QED) is 0.456. The van der Waals surface area contributed by atoms with Gasteiger partial charge in [-0.05, 0) is 13.8 Å². The predicted octanol–water partition coefficient (Wildman–Crippen LogP) is 0.866. The molecule has 0 saturated carbocycles. The Bertz CT molecular complexity index is 109. The van der Waals surface area contributed by atoms with E-state index in [0.717, 1.165) is 18.9 Å². The van der Waals surface area contributed by atoms with Crippen LogP contribution in [0.3, 0.4) is 0 Å². The molecule has 1 heterocycles. The Morgan fingerprint density at radius 3 is 2.88 bits per heavy atom. The van der Waals surface area contributed by atoms with E-state index in [1.807, 2.05) is 13.8 Å². The third-order valence-corrected chi connectivity index (χ3v) is 1.41. The van der Waals surface area contributed by atoms with Gasteiger partial charge in [-0.1, -0.05) is 0 Å². The maximum atomic E-state index is 5.26. The highest BCUT2D eigenvalue weighted by Crippen LogP contribution is 1.99. The molecule has 0 fully saturated rings. The molecule has 0 radical (unpaired) electrons. The Kier molecular flexibility index (Phi) is 1.63. The third-order valence-electron chi connectivity index (χ3n) is 1.41. The summed E-state index contributed by atoms with van der Waals surface area (Å²) in [4.78, 5) is 4.20. The van der Waals surface area contributed by atoms with Crippen molar-refractivity contribution in [1.29, 1.82) is 0 Å². The summed E-state index contributed by atoms with van der Waals surface area (Å²) >= 11 is 0. The van der Waals surface area contributed by atoms with Gasteiger partial charge >= 0.3 is 0 Å². The van der Waals surface area contributed by atoms with Gasteiger partial charge in [-0.15, -0.1) is 0 Å². The van der Waals surface area contributed by atoms with E-state index in [0.29, 0.717) is 0 Å². The summed E-state index contributed by atoms with van der Waals surface area (Å²) in [6.45, 7) is 5.66. The molecule has 2 nitrogen and oxygen atoms in total. The fraction of sp³-hybridized carbons (Fsp3) is 0.833. The van der Waals surface area contributed by atoms with Crippen LogP contribution in [0.1, 0.15) is 13.8 Å². The van der Waals surface area contributed by atoms with Crippen molar-refractivity contribution in [3.8, 4) is 0 Å². The zero-order valence-corrected chi connectivity index (χ0v) is 5.35. The molecule has 0 N–H and O–H groups in total. The highest BCUT2D eigenvalue weighted by Gasteiger charge is 2.08. The van der Waals surface area contributed by atoms with E-state index in [1.165, 1.54) is 0 Å². The van der Waals surface area contributed by atoms with Crippen LogP contribution in [0.4, 0.5) is 0 Å². The normalized spacial score (nSPS) is 29.8. The maximum Gasteiger partial charge on any atom is 0.0921 e. The molecule has 0 aromatic rings. The van der Waals surface area contributed by atoms with Gasteiger partial charge in [-0.2, -0.15) is 0 Å². The van der Waals surface area contributed by atoms with Crippen molar-refractivity contribution in [2.45, 2.75) is 20.0 Å². The minimum absolute atomic E-state index is 0.253. The average molecular weight is 113 g/mol. The van der Waals surface area contributed by atoms with E-state index in [4.69, 9.17) is 4.74 Å². The molecule has 0 amide bonds.